The van der Waals surface area contributed by atoms with Crippen molar-refractivity contribution >= 4 is 34.9 Å². The van der Waals surface area contributed by atoms with Crippen molar-refractivity contribution in [3.8, 4) is 5.75 Å². The first kappa shape index (κ1) is 25.7. The molecule has 1 N–H and O–H groups in total. The molecule has 2 aromatic rings. The maximum atomic E-state index is 12.5. The van der Waals surface area contributed by atoms with Crippen LogP contribution in [0.4, 0.5) is 14.5 Å². The fraction of sp³-hybridized carbons (Fsp3) is 0.286. The van der Waals surface area contributed by atoms with Gasteiger partial charge in [-0.15, -0.1) is 0 Å². The highest BCUT2D eigenvalue weighted by Gasteiger charge is 2.28. The summed E-state index contributed by atoms with van der Waals surface area (Å²) in [7, 11) is 0. The highest BCUT2D eigenvalue weighted by Crippen LogP contribution is 2.25. The van der Waals surface area contributed by atoms with E-state index in [1.165, 1.54) is 36.4 Å². The second-order valence-electron chi connectivity index (χ2n) is 7.05. The molecular weight excluding hydrogens is 466 g/mol. The van der Waals surface area contributed by atoms with Gasteiger partial charge in [0.05, 0.1) is 4.92 Å². The van der Waals surface area contributed by atoms with Crippen LogP contribution in [0.3, 0.4) is 0 Å². The Labute approximate surface area is 191 Å². The van der Waals surface area contributed by atoms with Crippen molar-refractivity contribution in [2.75, 3.05) is 6.61 Å². The van der Waals surface area contributed by atoms with E-state index in [2.05, 4.69) is 10.1 Å². The molecule has 0 heterocycles. The lowest BCUT2D eigenvalue weighted by Crippen LogP contribution is -2.45. The maximum Gasteiger partial charge on any atom is 0.387 e. The molecule has 0 aliphatic heterocycles. The Morgan fingerprint density at radius 2 is 1.70 bits per heavy atom. The van der Waals surface area contributed by atoms with Crippen molar-refractivity contribution in [1.29, 1.82) is 0 Å². The summed E-state index contributed by atoms with van der Waals surface area (Å²) in [5, 5.41) is 13.3. The average molecular weight is 485 g/mol. The summed E-state index contributed by atoms with van der Waals surface area (Å²) in [5.41, 5.74) is -0.460. The molecule has 1 amide bonds. The van der Waals surface area contributed by atoms with E-state index in [1.54, 1.807) is 13.8 Å². The van der Waals surface area contributed by atoms with E-state index in [9.17, 15) is 33.3 Å². The first-order chi connectivity index (χ1) is 15.5. The van der Waals surface area contributed by atoms with Crippen molar-refractivity contribution in [3.63, 3.8) is 0 Å². The minimum atomic E-state index is -3.00. The zero-order chi connectivity index (χ0) is 24.7. The Kier molecular flexibility index (Phi) is 8.80. The second-order valence-corrected chi connectivity index (χ2v) is 7.46. The topological polar surface area (TPSA) is 125 Å². The van der Waals surface area contributed by atoms with E-state index in [0.717, 1.165) is 6.07 Å². The third kappa shape index (κ3) is 7.21. The lowest BCUT2D eigenvalue weighted by molar-refractivity contribution is -0.384. The minimum absolute atomic E-state index is 0.0910. The molecule has 176 valence electrons. The molecule has 2 rings (SSSR count). The summed E-state index contributed by atoms with van der Waals surface area (Å²) >= 11 is 5.73. The number of nitro groups is 1. The number of rotatable bonds is 10. The number of nitro benzene ring substituents is 1. The van der Waals surface area contributed by atoms with E-state index < -0.39 is 53.4 Å². The predicted molar refractivity (Wildman–Crippen MR) is 113 cm³/mol. The van der Waals surface area contributed by atoms with Crippen molar-refractivity contribution in [2.45, 2.75) is 26.5 Å². The number of alkyl halides is 2. The lowest BCUT2D eigenvalue weighted by atomic mass is 10.0. The highest BCUT2D eigenvalue weighted by molar-refractivity contribution is 6.32. The number of hydrogen-bond acceptors (Lipinski definition) is 7. The van der Waals surface area contributed by atoms with Crippen LogP contribution in [0.1, 0.15) is 34.6 Å². The molecule has 0 spiro atoms. The van der Waals surface area contributed by atoms with Gasteiger partial charge in [0.2, 0.25) is 0 Å². The quantitative estimate of drug-likeness (QED) is 0.233. The second kappa shape index (κ2) is 11.3. The van der Waals surface area contributed by atoms with Crippen LogP contribution in [0.2, 0.25) is 5.02 Å². The van der Waals surface area contributed by atoms with Gasteiger partial charge >= 0.3 is 12.6 Å². The van der Waals surface area contributed by atoms with E-state index in [1.807, 2.05) is 0 Å². The number of nitrogens with zero attached hydrogens (tertiary/aromatic N) is 1. The zero-order valence-electron chi connectivity index (χ0n) is 17.4. The van der Waals surface area contributed by atoms with E-state index in [0.29, 0.717) is 0 Å². The molecule has 9 nitrogen and oxygen atoms in total. The van der Waals surface area contributed by atoms with Gasteiger partial charge in [-0.25, -0.2) is 4.79 Å². The molecule has 33 heavy (non-hydrogen) atoms. The Hall–Kier alpha value is -3.60. The molecule has 0 bridgehead atoms. The Balaban J connectivity index is 2.02. The number of hydrogen-bond donors (Lipinski definition) is 1. The molecule has 2 aromatic carbocycles. The Morgan fingerprint density at radius 3 is 2.24 bits per heavy atom. The SMILES string of the molecule is CC(C)[C@H](NC(=O)c1ccc(Cl)c([N+](=O)[O-])c1)C(=O)OCC(=O)c1ccc(OC(F)F)cc1. The molecule has 1 atom stereocenters. The molecule has 0 saturated heterocycles. The van der Waals surface area contributed by atoms with Gasteiger partial charge < -0.3 is 14.8 Å². The van der Waals surface area contributed by atoms with Gasteiger partial charge in [-0.3, -0.25) is 19.7 Å². The molecule has 0 radical (unpaired) electrons. The number of nitrogens with one attached hydrogen (secondary N) is 1. The van der Waals surface area contributed by atoms with Gasteiger partial charge in [-0.1, -0.05) is 25.4 Å². The number of halogens is 3. The average Bonchev–Trinajstić information content (AvgIpc) is 2.75. The van der Waals surface area contributed by atoms with Crippen LogP contribution in [0, 0.1) is 16.0 Å². The standard InChI is InChI=1S/C21H19ClF2N2O7/c1-11(2)18(25-19(28)13-5-8-15(22)16(9-13)26(30)31)20(29)32-10-17(27)12-3-6-14(7-4-12)33-21(23)24/h3-9,11,18,21H,10H2,1-2H3,(H,25,28)/t18-/m0/s1. The molecule has 0 aliphatic carbocycles. The predicted octanol–water partition coefficient (Wildman–Crippen LogP) is 4.03. The first-order valence-electron chi connectivity index (χ1n) is 9.49. The Morgan fingerprint density at radius 1 is 1.09 bits per heavy atom. The minimum Gasteiger partial charge on any atom is -0.456 e. The van der Waals surface area contributed by atoms with Crippen LogP contribution in [0.5, 0.6) is 5.75 Å². The van der Waals surface area contributed by atoms with Gasteiger partial charge in [-0.05, 0) is 42.3 Å². The number of carbonyl (C=O) groups excluding carboxylic acids is 3. The molecule has 0 aromatic heterocycles. The van der Waals surface area contributed by atoms with Gasteiger partial charge in [0, 0.05) is 17.2 Å². The summed E-state index contributed by atoms with van der Waals surface area (Å²) in [4.78, 5) is 47.5. The Bertz CT molecular complexity index is 1050. The fourth-order valence-electron chi connectivity index (χ4n) is 2.65. The van der Waals surface area contributed by atoms with Gasteiger partial charge in [0.25, 0.3) is 11.6 Å². The van der Waals surface area contributed by atoms with Crippen LogP contribution in [0.25, 0.3) is 0 Å². The summed E-state index contributed by atoms with van der Waals surface area (Å²) < 4.78 is 33.6. The lowest BCUT2D eigenvalue weighted by Gasteiger charge is -2.20. The highest BCUT2D eigenvalue weighted by atomic mass is 35.5. The summed E-state index contributed by atoms with van der Waals surface area (Å²) in [6, 6.07) is 7.10. The van der Waals surface area contributed by atoms with Crippen molar-refractivity contribution < 1.29 is 37.6 Å². The first-order valence-corrected chi connectivity index (χ1v) is 9.87. The summed E-state index contributed by atoms with van der Waals surface area (Å²) in [6.07, 6.45) is 0. The molecular formula is C21H19ClF2N2O7. The number of ether oxygens (including phenoxy) is 2. The van der Waals surface area contributed by atoms with Gasteiger partial charge in [0.15, 0.2) is 12.4 Å². The molecule has 0 fully saturated rings. The van der Waals surface area contributed by atoms with Crippen LogP contribution >= 0.6 is 11.6 Å². The third-order valence-corrected chi connectivity index (χ3v) is 4.68. The zero-order valence-corrected chi connectivity index (χ0v) is 18.2. The molecule has 0 aliphatic rings. The van der Waals surface area contributed by atoms with Crippen molar-refractivity contribution in [1.82, 2.24) is 5.32 Å². The number of Topliss-reactive ketones (excluding diaryl/α,β-unsaturated/α-hetero) is 1. The van der Waals surface area contributed by atoms with Crippen molar-refractivity contribution in [3.05, 3.63) is 68.7 Å². The van der Waals surface area contributed by atoms with Crippen LogP contribution < -0.4 is 10.1 Å². The van der Waals surface area contributed by atoms with E-state index in [4.69, 9.17) is 16.3 Å². The smallest absolute Gasteiger partial charge is 0.387 e. The van der Waals surface area contributed by atoms with E-state index >= 15 is 0 Å². The maximum absolute atomic E-state index is 12.5. The van der Waals surface area contributed by atoms with E-state index in [-0.39, 0.29) is 21.9 Å². The third-order valence-electron chi connectivity index (χ3n) is 4.36. The van der Waals surface area contributed by atoms with Gasteiger partial charge in [0.1, 0.15) is 16.8 Å². The number of amides is 1. The fourth-order valence-corrected chi connectivity index (χ4v) is 2.83. The van der Waals surface area contributed by atoms with Crippen molar-refractivity contribution in [2.24, 2.45) is 5.92 Å². The summed E-state index contributed by atoms with van der Waals surface area (Å²) in [5.74, 6) is -2.85. The van der Waals surface area contributed by atoms with Crippen LogP contribution in [-0.2, 0) is 9.53 Å². The number of esters is 1. The van der Waals surface area contributed by atoms with Crippen LogP contribution in [-0.4, -0.2) is 41.8 Å². The normalized spacial score (nSPS) is 11.7. The monoisotopic (exact) mass is 484 g/mol. The van der Waals surface area contributed by atoms with Crippen LogP contribution in [0.15, 0.2) is 42.5 Å². The molecule has 12 heteroatoms. The number of benzene rings is 2. The largest absolute Gasteiger partial charge is 0.456 e. The van der Waals surface area contributed by atoms with Gasteiger partial charge in [-0.2, -0.15) is 8.78 Å². The number of carbonyl (C=O) groups is 3. The number of ketones is 1. The molecule has 0 unspecified atom stereocenters. The summed E-state index contributed by atoms with van der Waals surface area (Å²) in [6.45, 7) is -0.408. The molecule has 0 saturated carbocycles.